The molecule has 0 bridgehead atoms. The number of halogens is 1. The third-order valence-corrected chi connectivity index (χ3v) is 8.10. The molecular weight excluding hydrogens is 472 g/mol. The minimum atomic E-state index is -4.14. The molecule has 1 heterocycles. The lowest BCUT2D eigenvalue weighted by Gasteiger charge is -2.18. The number of sulfonamides is 2. The van der Waals surface area contributed by atoms with E-state index in [1.54, 1.807) is 24.3 Å². The van der Waals surface area contributed by atoms with E-state index < -0.39 is 31.9 Å². The number of para-hydroxylation sites is 1. The maximum atomic E-state index is 12.9. The molecule has 0 aliphatic carbocycles. The van der Waals surface area contributed by atoms with E-state index in [2.05, 4.69) is 20.7 Å². The van der Waals surface area contributed by atoms with E-state index in [0.717, 1.165) is 6.07 Å². The van der Waals surface area contributed by atoms with Gasteiger partial charge in [-0.1, -0.05) is 19.1 Å². The Labute approximate surface area is 171 Å². The number of hydrogen-bond donors (Lipinski definition) is 1. The summed E-state index contributed by atoms with van der Waals surface area (Å²) >= 11 is 3.26. The largest absolute Gasteiger partial charge is 0.495 e. The summed E-state index contributed by atoms with van der Waals surface area (Å²) in [6, 6.07) is 10.4. The Kier molecular flexibility index (Phi) is 5.43. The Morgan fingerprint density at radius 2 is 1.89 bits per heavy atom. The molecule has 2 aromatic rings. The molecule has 28 heavy (non-hydrogen) atoms. The standard InChI is InChI=1S/C17H17BrN2O6S2/c1-11-10-27(22,23)20(17(11)21)12-7-8-15(26-2)16(9-12)28(24,25)19-14-6-4-3-5-13(14)18/h3-9,11,19H,10H2,1-2H3. The molecule has 1 atom stereocenters. The SMILES string of the molecule is COc1ccc(N2C(=O)C(C)CS2(=O)=O)cc1S(=O)(=O)Nc1ccccc1Br. The van der Waals surface area contributed by atoms with Gasteiger partial charge < -0.3 is 4.74 Å². The fourth-order valence-corrected chi connectivity index (χ4v) is 6.43. The van der Waals surface area contributed by atoms with Crippen molar-refractivity contribution >= 4 is 53.3 Å². The summed E-state index contributed by atoms with van der Waals surface area (Å²) in [7, 11) is -6.70. The number of amides is 1. The van der Waals surface area contributed by atoms with Crippen molar-refractivity contribution in [3.05, 3.63) is 46.9 Å². The number of benzene rings is 2. The zero-order valence-corrected chi connectivity index (χ0v) is 18.1. The zero-order valence-electron chi connectivity index (χ0n) is 14.9. The molecule has 1 saturated heterocycles. The fourth-order valence-electron chi connectivity index (χ4n) is 2.83. The van der Waals surface area contributed by atoms with Gasteiger partial charge in [0.05, 0.1) is 30.2 Å². The summed E-state index contributed by atoms with van der Waals surface area (Å²) < 4.78 is 59.3. The lowest BCUT2D eigenvalue weighted by Crippen LogP contribution is -2.30. The quantitative estimate of drug-likeness (QED) is 0.692. The highest BCUT2D eigenvalue weighted by molar-refractivity contribution is 9.10. The van der Waals surface area contributed by atoms with Crippen LogP contribution in [0.2, 0.25) is 0 Å². The normalized spacial score (nSPS) is 18.9. The number of rotatable bonds is 5. The van der Waals surface area contributed by atoms with Gasteiger partial charge in [-0.2, -0.15) is 0 Å². The monoisotopic (exact) mass is 488 g/mol. The number of methoxy groups -OCH3 is 1. The molecule has 0 saturated carbocycles. The molecule has 1 aliphatic rings. The smallest absolute Gasteiger partial charge is 0.265 e. The first-order valence-electron chi connectivity index (χ1n) is 8.09. The van der Waals surface area contributed by atoms with Crippen LogP contribution in [-0.2, 0) is 24.8 Å². The number of anilines is 2. The first kappa shape index (κ1) is 20.6. The van der Waals surface area contributed by atoms with Crippen molar-refractivity contribution in [2.24, 2.45) is 5.92 Å². The summed E-state index contributed by atoms with van der Waals surface area (Å²) in [4.78, 5) is 12.0. The van der Waals surface area contributed by atoms with Gasteiger partial charge in [0, 0.05) is 4.47 Å². The second kappa shape index (κ2) is 7.37. The summed E-state index contributed by atoms with van der Waals surface area (Å²) in [5.41, 5.74) is 0.246. The third kappa shape index (κ3) is 3.74. The Balaban J connectivity index is 2.10. The summed E-state index contributed by atoms with van der Waals surface area (Å²) in [6.45, 7) is 1.51. The minimum Gasteiger partial charge on any atom is -0.495 e. The zero-order chi connectivity index (χ0) is 20.7. The first-order chi connectivity index (χ1) is 13.1. The van der Waals surface area contributed by atoms with Crippen LogP contribution in [0.15, 0.2) is 51.8 Å². The van der Waals surface area contributed by atoms with Crippen molar-refractivity contribution in [2.75, 3.05) is 21.9 Å². The molecule has 1 amide bonds. The second-order valence-corrected chi connectivity index (χ2v) is 10.6. The van der Waals surface area contributed by atoms with Crippen LogP contribution >= 0.6 is 15.9 Å². The van der Waals surface area contributed by atoms with E-state index in [4.69, 9.17) is 4.74 Å². The van der Waals surface area contributed by atoms with E-state index in [0.29, 0.717) is 14.5 Å². The van der Waals surface area contributed by atoms with E-state index in [1.165, 1.54) is 26.2 Å². The molecule has 150 valence electrons. The Hall–Kier alpha value is -2.11. The van der Waals surface area contributed by atoms with Crippen LogP contribution in [0.25, 0.3) is 0 Å². The maximum absolute atomic E-state index is 12.9. The number of hydrogen-bond acceptors (Lipinski definition) is 6. The van der Waals surface area contributed by atoms with Crippen molar-refractivity contribution in [1.29, 1.82) is 0 Å². The predicted molar refractivity (Wildman–Crippen MR) is 108 cm³/mol. The molecule has 0 aromatic heterocycles. The van der Waals surface area contributed by atoms with E-state index in [9.17, 15) is 21.6 Å². The maximum Gasteiger partial charge on any atom is 0.265 e. The highest BCUT2D eigenvalue weighted by Crippen LogP contribution is 2.35. The minimum absolute atomic E-state index is 0.0143. The Bertz CT molecular complexity index is 1150. The summed E-state index contributed by atoms with van der Waals surface area (Å²) in [5.74, 6) is -1.62. The van der Waals surface area contributed by atoms with Crippen molar-refractivity contribution in [2.45, 2.75) is 11.8 Å². The average molecular weight is 489 g/mol. The van der Waals surface area contributed by atoms with Gasteiger partial charge in [0.25, 0.3) is 10.0 Å². The van der Waals surface area contributed by atoms with Crippen LogP contribution in [-0.4, -0.2) is 35.6 Å². The van der Waals surface area contributed by atoms with Crippen molar-refractivity contribution in [3.63, 3.8) is 0 Å². The number of nitrogens with zero attached hydrogens (tertiary/aromatic N) is 1. The van der Waals surface area contributed by atoms with Crippen molar-refractivity contribution in [3.8, 4) is 5.75 Å². The number of nitrogens with one attached hydrogen (secondary N) is 1. The van der Waals surface area contributed by atoms with Gasteiger partial charge in [-0.25, -0.2) is 21.1 Å². The van der Waals surface area contributed by atoms with Gasteiger partial charge in [0.2, 0.25) is 15.9 Å². The first-order valence-corrected chi connectivity index (χ1v) is 12.0. The molecule has 1 N–H and O–H groups in total. The number of ether oxygens (including phenoxy) is 1. The van der Waals surface area contributed by atoms with Crippen LogP contribution in [0, 0.1) is 5.92 Å². The van der Waals surface area contributed by atoms with E-state index in [1.807, 2.05) is 0 Å². The van der Waals surface area contributed by atoms with E-state index in [-0.39, 0.29) is 22.1 Å². The molecule has 1 aliphatic heterocycles. The molecule has 11 heteroatoms. The van der Waals surface area contributed by atoms with E-state index >= 15 is 0 Å². The second-order valence-electron chi connectivity index (χ2n) is 6.20. The topological polar surface area (TPSA) is 110 Å². The van der Waals surface area contributed by atoms with Crippen molar-refractivity contribution < 1.29 is 26.4 Å². The molecular formula is C17H17BrN2O6S2. The molecule has 1 unspecified atom stereocenters. The molecule has 2 aromatic carbocycles. The number of carbonyl (C=O) groups excluding carboxylic acids is 1. The van der Waals surface area contributed by atoms with Gasteiger partial charge >= 0.3 is 0 Å². The molecule has 0 spiro atoms. The van der Waals surface area contributed by atoms with Crippen LogP contribution < -0.4 is 13.8 Å². The lowest BCUT2D eigenvalue weighted by molar-refractivity contribution is -0.119. The summed E-state index contributed by atoms with van der Waals surface area (Å²) in [5, 5.41) is 0. The van der Waals surface area contributed by atoms with Crippen LogP contribution in [0.4, 0.5) is 11.4 Å². The van der Waals surface area contributed by atoms with Crippen LogP contribution in [0.3, 0.4) is 0 Å². The van der Waals surface area contributed by atoms with Crippen molar-refractivity contribution in [1.82, 2.24) is 0 Å². The van der Waals surface area contributed by atoms with Gasteiger partial charge in [-0.15, -0.1) is 0 Å². The highest BCUT2D eigenvalue weighted by atomic mass is 79.9. The van der Waals surface area contributed by atoms with Gasteiger partial charge in [-0.3, -0.25) is 9.52 Å². The average Bonchev–Trinajstić information content (AvgIpc) is 2.83. The molecule has 0 radical (unpaired) electrons. The van der Waals surface area contributed by atoms with Gasteiger partial charge in [0.15, 0.2) is 0 Å². The summed E-state index contributed by atoms with van der Waals surface area (Å²) in [6.07, 6.45) is 0. The molecule has 1 fully saturated rings. The molecule has 3 rings (SSSR count). The van der Waals surface area contributed by atoms with Gasteiger partial charge in [-0.05, 0) is 46.3 Å². The fraction of sp³-hybridized carbons (Fsp3) is 0.235. The molecule has 8 nitrogen and oxygen atoms in total. The number of carbonyl (C=O) groups is 1. The Morgan fingerprint density at radius 3 is 2.46 bits per heavy atom. The van der Waals surface area contributed by atoms with Crippen LogP contribution in [0.5, 0.6) is 5.75 Å². The third-order valence-electron chi connectivity index (χ3n) is 4.15. The van der Waals surface area contributed by atoms with Gasteiger partial charge in [0.1, 0.15) is 10.6 Å². The Morgan fingerprint density at radius 1 is 1.21 bits per heavy atom. The lowest BCUT2D eigenvalue weighted by atomic mass is 10.2. The highest BCUT2D eigenvalue weighted by Gasteiger charge is 2.42. The van der Waals surface area contributed by atoms with Crippen LogP contribution in [0.1, 0.15) is 6.92 Å². The predicted octanol–water partition coefficient (Wildman–Crippen LogP) is 2.57.